The molecule has 0 aliphatic carbocycles. The monoisotopic (exact) mass is 382 g/mol. The molecule has 0 spiro atoms. The SMILES string of the molecule is CNc1cc(Nc2cc(C)nc(N3CC[C@@H](O)C3)c2)nc2c(C(N)=O)cnn12. The number of aryl methyl sites for hydroxylation is 1. The Morgan fingerprint density at radius 1 is 1.32 bits per heavy atom. The largest absolute Gasteiger partial charge is 0.391 e. The van der Waals surface area contributed by atoms with E-state index in [4.69, 9.17) is 5.73 Å². The van der Waals surface area contributed by atoms with Crippen molar-refractivity contribution in [1.82, 2.24) is 19.6 Å². The summed E-state index contributed by atoms with van der Waals surface area (Å²) in [5, 5.41) is 20.3. The van der Waals surface area contributed by atoms with Crippen LogP contribution in [0.4, 0.5) is 23.1 Å². The number of nitrogens with zero attached hydrogens (tertiary/aromatic N) is 5. The lowest BCUT2D eigenvalue weighted by molar-refractivity contribution is 0.100. The van der Waals surface area contributed by atoms with Crippen molar-refractivity contribution in [2.24, 2.45) is 5.73 Å². The first-order valence-corrected chi connectivity index (χ1v) is 8.99. The molecule has 1 aliphatic rings. The van der Waals surface area contributed by atoms with Crippen LogP contribution >= 0.6 is 0 Å². The summed E-state index contributed by atoms with van der Waals surface area (Å²) >= 11 is 0. The quantitative estimate of drug-likeness (QED) is 0.511. The first-order chi connectivity index (χ1) is 13.4. The third-order valence-corrected chi connectivity index (χ3v) is 4.69. The van der Waals surface area contributed by atoms with Crippen molar-refractivity contribution in [2.75, 3.05) is 35.7 Å². The van der Waals surface area contributed by atoms with Gasteiger partial charge in [0.2, 0.25) is 0 Å². The minimum Gasteiger partial charge on any atom is -0.391 e. The highest BCUT2D eigenvalue weighted by molar-refractivity contribution is 5.99. The van der Waals surface area contributed by atoms with Crippen LogP contribution in [0.2, 0.25) is 0 Å². The number of β-amino-alcohol motifs (C(OH)–C–C–N with tert-alkyl or cyclic N) is 1. The molecule has 10 heteroatoms. The van der Waals surface area contributed by atoms with Crippen LogP contribution in [-0.4, -0.2) is 56.8 Å². The fourth-order valence-electron chi connectivity index (χ4n) is 3.36. The van der Waals surface area contributed by atoms with Crippen molar-refractivity contribution >= 4 is 34.7 Å². The van der Waals surface area contributed by atoms with Crippen LogP contribution in [0.5, 0.6) is 0 Å². The van der Waals surface area contributed by atoms with E-state index < -0.39 is 5.91 Å². The summed E-state index contributed by atoms with van der Waals surface area (Å²) in [6.45, 7) is 3.25. The molecule has 0 aromatic carbocycles. The number of anilines is 4. The van der Waals surface area contributed by atoms with E-state index in [1.165, 1.54) is 10.7 Å². The lowest BCUT2D eigenvalue weighted by atomic mass is 10.3. The molecule has 1 atom stereocenters. The van der Waals surface area contributed by atoms with E-state index in [0.29, 0.717) is 23.8 Å². The first-order valence-electron chi connectivity index (χ1n) is 8.99. The van der Waals surface area contributed by atoms with E-state index in [2.05, 4.69) is 30.6 Å². The van der Waals surface area contributed by atoms with Gasteiger partial charge >= 0.3 is 0 Å². The Bertz CT molecular complexity index is 1050. The number of nitrogens with one attached hydrogen (secondary N) is 2. The maximum atomic E-state index is 11.7. The molecule has 146 valence electrons. The number of carbonyl (C=O) groups excluding carboxylic acids is 1. The van der Waals surface area contributed by atoms with Gasteiger partial charge in [0.15, 0.2) is 5.65 Å². The van der Waals surface area contributed by atoms with Crippen LogP contribution < -0.4 is 21.3 Å². The molecule has 3 aromatic rings. The second-order valence-electron chi connectivity index (χ2n) is 6.80. The summed E-state index contributed by atoms with van der Waals surface area (Å²) in [4.78, 5) is 22.8. The maximum absolute atomic E-state index is 11.7. The van der Waals surface area contributed by atoms with Crippen molar-refractivity contribution in [3.05, 3.63) is 35.7 Å². The van der Waals surface area contributed by atoms with E-state index in [-0.39, 0.29) is 11.7 Å². The summed E-state index contributed by atoms with van der Waals surface area (Å²) in [7, 11) is 1.76. The lowest BCUT2D eigenvalue weighted by Gasteiger charge is -2.18. The average Bonchev–Trinajstić information content (AvgIpc) is 3.27. The van der Waals surface area contributed by atoms with Crippen molar-refractivity contribution in [3.8, 4) is 0 Å². The number of primary amides is 1. The van der Waals surface area contributed by atoms with Crippen molar-refractivity contribution in [2.45, 2.75) is 19.4 Å². The van der Waals surface area contributed by atoms with Crippen LogP contribution in [-0.2, 0) is 0 Å². The van der Waals surface area contributed by atoms with Crippen LogP contribution in [0.3, 0.4) is 0 Å². The lowest BCUT2D eigenvalue weighted by Crippen LogP contribution is -2.22. The van der Waals surface area contributed by atoms with Gasteiger partial charge in [0.05, 0.1) is 12.3 Å². The molecule has 0 radical (unpaired) electrons. The van der Waals surface area contributed by atoms with Gasteiger partial charge in [-0.3, -0.25) is 4.79 Å². The molecule has 0 bridgehead atoms. The summed E-state index contributed by atoms with van der Waals surface area (Å²) in [5.74, 6) is 1.42. The Morgan fingerprint density at radius 3 is 2.82 bits per heavy atom. The van der Waals surface area contributed by atoms with Crippen molar-refractivity contribution < 1.29 is 9.90 Å². The molecule has 0 unspecified atom stereocenters. The van der Waals surface area contributed by atoms with Gasteiger partial charge in [-0.25, -0.2) is 9.97 Å². The van der Waals surface area contributed by atoms with Crippen LogP contribution in [0.15, 0.2) is 24.4 Å². The molecule has 1 saturated heterocycles. The van der Waals surface area contributed by atoms with Gasteiger partial charge in [0.25, 0.3) is 5.91 Å². The van der Waals surface area contributed by atoms with E-state index in [0.717, 1.165) is 30.2 Å². The molecule has 1 aliphatic heterocycles. The number of rotatable bonds is 5. The van der Waals surface area contributed by atoms with Crippen LogP contribution in [0.1, 0.15) is 22.5 Å². The normalized spacial score (nSPS) is 16.5. The highest BCUT2D eigenvalue weighted by atomic mass is 16.3. The number of aliphatic hydroxyl groups is 1. The van der Waals surface area contributed by atoms with Crippen LogP contribution in [0.25, 0.3) is 5.65 Å². The Morgan fingerprint density at radius 2 is 2.14 bits per heavy atom. The molecule has 28 heavy (non-hydrogen) atoms. The van der Waals surface area contributed by atoms with E-state index in [9.17, 15) is 9.90 Å². The fourth-order valence-corrected chi connectivity index (χ4v) is 3.36. The molecule has 0 saturated carbocycles. The molecule has 4 rings (SSSR count). The van der Waals surface area contributed by atoms with E-state index >= 15 is 0 Å². The number of aromatic nitrogens is 4. The Balaban J connectivity index is 1.70. The zero-order valence-corrected chi connectivity index (χ0v) is 15.7. The number of hydrogen-bond acceptors (Lipinski definition) is 8. The average molecular weight is 382 g/mol. The molecule has 10 nitrogen and oxygen atoms in total. The number of carbonyl (C=O) groups is 1. The number of aliphatic hydroxyl groups excluding tert-OH is 1. The number of hydrogen-bond donors (Lipinski definition) is 4. The highest BCUT2D eigenvalue weighted by Gasteiger charge is 2.22. The number of pyridine rings is 1. The van der Waals surface area contributed by atoms with Gasteiger partial charge in [-0.15, -0.1) is 0 Å². The van der Waals surface area contributed by atoms with Gasteiger partial charge in [0.1, 0.15) is 23.0 Å². The third-order valence-electron chi connectivity index (χ3n) is 4.69. The number of amides is 1. The summed E-state index contributed by atoms with van der Waals surface area (Å²) in [6.07, 6.45) is 1.82. The first kappa shape index (κ1) is 18.0. The van der Waals surface area contributed by atoms with Gasteiger partial charge in [0, 0.05) is 43.7 Å². The summed E-state index contributed by atoms with van der Waals surface area (Å²) in [6, 6.07) is 5.62. The fraction of sp³-hybridized carbons (Fsp3) is 0.333. The molecule has 1 amide bonds. The summed E-state index contributed by atoms with van der Waals surface area (Å²) in [5.41, 5.74) is 7.70. The zero-order valence-electron chi connectivity index (χ0n) is 15.7. The van der Waals surface area contributed by atoms with E-state index in [1.54, 1.807) is 13.1 Å². The number of fused-ring (bicyclic) bond motifs is 1. The Kier molecular flexibility index (Phi) is 4.47. The predicted molar refractivity (Wildman–Crippen MR) is 106 cm³/mol. The van der Waals surface area contributed by atoms with Crippen molar-refractivity contribution in [3.63, 3.8) is 0 Å². The zero-order chi connectivity index (χ0) is 19.8. The molecule has 4 heterocycles. The topological polar surface area (TPSA) is 134 Å². The third kappa shape index (κ3) is 3.29. The predicted octanol–water partition coefficient (Wildman–Crippen LogP) is 0.888. The Hall–Kier alpha value is -3.40. The molecule has 3 aromatic heterocycles. The molecule has 1 fully saturated rings. The van der Waals surface area contributed by atoms with Gasteiger partial charge in [-0.1, -0.05) is 0 Å². The van der Waals surface area contributed by atoms with Crippen LogP contribution in [0, 0.1) is 6.92 Å². The smallest absolute Gasteiger partial charge is 0.254 e. The molecular formula is C18H22N8O2. The second kappa shape index (κ2) is 6.97. The Labute approximate surface area is 161 Å². The standard InChI is InChI=1S/C18H22N8O2/c1-10-5-11(6-16(22-10)25-4-3-12(27)9-25)23-14-7-15(20-2)26-18(24-14)13(8-21-26)17(19)28/h5-8,12,20,27H,3-4,9H2,1-2H3,(H2,19,28)(H,22,23,24)/t12-/m1/s1. The number of nitrogens with two attached hydrogens (primary N) is 1. The van der Waals surface area contributed by atoms with E-state index in [1.807, 2.05) is 19.1 Å². The maximum Gasteiger partial charge on any atom is 0.254 e. The molecular weight excluding hydrogens is 360 g/mol. The van der Waals surface area contributed by atoms with Gasteiger partial charge in [-0.2, -0.15) is 9.61 Å². The molecule has 5 N–H and O–H groups in total. The van der Waals surface area contributed by atoms with Gasteiger partial charge < -0.3 is 26.4 Å². The second-order valence-corrected chi connectivity index (χ2v) is 6.80. The minimum atomic E-state index is -0.587. The summed E-state index contributed by atoms with van der Waals surface area (Å²) < 4.78 is 1.53. The van der Waals surface area contributed by atoms with Crippen molar-refractivity contribution in [1.29, 1.82) is 0 Å². The minimum absolute atomic E-state index is 0.248. The van der Waals surface area contributed by atoms with Gasteiger partial charge in [-0.05, 0) is 19.4 Å². The highest BCUT2D eigenvalue weighted by Crippen LogP contribution is 2.26.